The van der Waals surface area contributed by atoms with Gasteiger partial charge in [0.05, 0.1) is 29.0 Å². The maximum absolute atomic E-state index is 13.8. The fourth-order valence-corrected chi connectivity index (χ4v) is 6.65. The number of esters is 1. The highest BCUT2D eigenvalue weighted by atomic mass is 16.6. The lowest BCUT2D eigenvalue weighted by Gasteiger charge is -2.37. The number of benzene rings is 1. The van der Waals surface area contributed by atoms with E-state index in [1.807, 2.05) is 43.3 Å². The van der Waals surface area contributed by atoms with Gasteiger partial charge in [-0.2, -0.15) is 0 Å². The second-order valence-corrected chi connectivity index (χ2v) is 12.4. The van der Waals surface area contributed by atoms with Gasteiger partial charge in [-0.15, -0.1) is 0 Å². The number of ether oxygens (including phenoxy) is 2. The molecule has 2 atom stereocenters. The van der Waals surface area contributed by atoms with Crippen LogP contribution >= 0.6 is 0 Å². The number of likely N-dealkylation sites (N-methyl/N-ethyl adjacent to an activating group) is 2. The molecule has 4 heterocycles. The second-order valence-electron chi connectivity index (χ2n) is 12.4. The van der Waals surface area contributed by atoms with Crippen LogP contribution in [0.3, 0.4) is 0 Å². The molecule has 1 aromatic carbocycles. The van der Waals surface area contributed by atoms with Crippen LogP contribution in [0.15, 0.2) is 53.3 Å². The van der Waals surface area contributed by atoms with Crippen LogP contribution in [0.4, 0.5) is 4.79 Å². The van der Waals surface area contributed by atoms with Gasteiger partial charge in [0.1, 0.15) is 18.1 Å². The van der Waals surface area contributed by atoms with E-state index < -0.39 is 17.5 Å². The number of aromatic nitrogens is 2. The van der Waals surface area contributed by atoms with Crippen molar-refractivity contribution in [3.63, 3.8) is 0 Å². The van der Waals surface area contributed by atoms with Crippen LogP contribution < -0.4 is 5.56 Å². The van der Waals surface area contributed by atoms with Crippen molar-refractivity contribution in [3.05, 3.63) is 75.6 Å². The van der Waals surface area contributed by atoms with Gasteiger partial charge in [0, 0.05) is 44.6 Å². The summed E-state index contributed by atoms with van der Waals surface area (Å²) in [4.78, 5) is 61.5. The maximum Gasteiger partial charge on any atom is 0.410 e. The molecule has 0 radical (unpaired) electrons. The number of allylic oxidation sites excluding steroid dienone is 1. The molecule has 0 saturated carbocycles. The smallest absolute Gasteiger partial charge is 0.410 e. The molecule has 0 fully saturated rings. The molecule has 1 aliphatic carbocycles. The van der Waals surface area contributed by atoms with Gasteiger partial charge in [0.15, 0.2) is 0 Å². The minimum Gasteiger partial charge on any atom is -0.460 e. The highest BCUT2D eigenvalue weighted by Crippen LogP contribution is 2.42. The van der Waals surface area contributed by atoms with E-state index in [0.717, 1.165) is 48.6 Å². The minimum atomic E-state index is -1.32. The zero-order valence-corrected chi connectivity index (χ0v) is 26.2. The van der Waals surface area contributed by atoms with E-state index in [1.54, 1.807) is 18.7 Å². The summed E-state index contributed by atoms with van der Waals surface area (Å²) in [6, 6.07) is 11.7. The van der Waals surface area contributed by atoms with Crippen molar-refractivity contribution in [1.29, 1.82) is 0 Å². The Balaban J connectivity index is 1.20. The van der Waals surface area contributed by atoms with E-state index >= 15 is 0 Å². The predicted octanol–water partition coefficient (Wildman–Crippen LogP) is 4.94. The van der Waals surface area contributed by atoms with E-state index in [-0.39, 0.29) is 50.1 Å². The summed E-state index contributed by atoms with van der Waals surface area (Å²) >= 11 is 0. The maximum atomic E-state index is 13.8. The quantitative estimate of drug-likeness (QED) is 0.215. The number of nitrogens with zero attached hydrogens (tertiary/aromatic N) is 4. The molecule has 236 valence electrons. The molecule has 10 heteroatoms. The first kappa shape index (κ1) is 30.6. The van der Waals surface area contributed by atoms with Crippen LogP contribution in [-0.4, -0.2) is 70.6 Å². The highest BCUT2D eigenvalue weighted by molar-refractivity contribution is 5.92. The first-order chi connectivity index (χ1) is 21.7. The lowest BCUT2D eigenvalue weighted by atomic mass is 9.72. The second kappa shape index (κ2) is 12.5. The fraction of sp³-hybridized carbons (Fsp3) is 0.457. The number of amides is 2. The molecule has 0 spiro atoms. The summed E-state index contributed by atoms with van der Waals surface area (Å²) in [5.74, 6) is -0.794. The molecule has 3 aliphatic rings. The Morgan fingerprint density at radius 1 is 1.09 bits per heavy atom. The summed E-state index contributed by atoms with van der Waals surface area (Å²) in [5, 5.41) is 0.993. The largest absolute Gasteiger partial charge is 0.460 e. The molecule has 0 bridgehead atoms. The van der Waals surface area contributed by atoms with Crippen molar-refractivity contribution in [2.24, 2.45) is 0 Å². The number of hydrogen-bond donors (Lipinski definition) is 0. The van der Waals surface area contributed by atoms with E-state index in [0.29, 0.717) is 29.1 Å². The Morgan fingerprint density at radius 3 is 2.71 bits per heavy atom. The van der Waals surface area contributed by atoms with Crippen molar-refractivity contribution < 1.29 is 23.9 Å². The topological polar surface area (TPSA) is 111 Å². The van der Waals surface area contributed by atoms with E-state index in [4.69, 9.17) is 14.5 Å². The molecule has 2 aliphatic heterocycles. The fourth-order valence-electron chi connectivity index (χ4n) is 6.65. The van der Waals surface area contributed by atoms with Gasteiger partial charge in [-0.25, -0.2) is 9.78 Å². The summed E-state index contributed by atoms with van der Waals surface area (Å²) in [6.07, 6.45) is 8.56. The summed E-state index contributed by atoms with van der Waals surface area (Å²) in [6.45, 7) is 2.61. The number of rotatable bonds is 7. The van der Waals surface area contributed by atoms with Gasteiger partial charge >= 0.3 is 12.1 Å². The highest BCUT2D eigenvalue weighted by Gasteiger charge is 2.48. The van der Waals surface area contributed by atoms with Crippen molar-refractivity contribution >= 4 is 28.9 Å². The number of fused-ring (bicyclic) bond motifs is 5. The number of carbonyl (C=O) groups excluding carboxylic acids is 3. The molecular weight excluding hydrogens is 572 g/mol. The van der Waals surface area contributed by atoms with Crippen molar-refractivity contribution in [1.82, 2.24) is 19.4 Å². The van der Waals surface area contributed by atoms with Gasteiger partial charge in [0.2, 0.25) is 5.91 Å². The van der Waals surface area contributed by atoms with Crippen molar-refractivity contribution in [2.45, 2.75) is 76.5 Å². The average molecular weight is 613 g/mol. The first-order valence-corrected chi connectivity index (χ1v) is 15.9. The summed E-state index contributed by atoms with van der Waals surface area (Å²) < 4.78 is 12.9. The molecular formula is C35H40N4O6. The lowest BCUT2D eigenvalue weighted by Crippen LogP contribution is -2.48. The number of pyridine rings is 2. The third-order valence-electron chi connectivity index (χ3n) is 9.56. The average Bonchev–Trinajstić information content (AvgIpc) is 3.38. The predicted molar refractivity (Wildman–Crippen MR) is 170 cm³/mol. The molecule has 2 amide bonds. The summed E-state index contributed by atoms with van der Waals surface area (Å²) in [7, 11) is 3.30. The molecule has 1 unspecified atom stereocenters. The van der Waals surface area contributed by atoms with Gasteiger partial charge in [-0.05, 0) is 61.9 Å². The van der Waals surface area contributed by atoms with Gasteiger partial charge in [-0.3, -0.25) is 14.4 Å². The van der Waals surface area contributed by atoms with E-state index in [1.165, 1.54) is 9.80 Å². The molecule has 10 nitrogen and oxygen atoms in total. The monoisotopic (exact) mass is 612 g/mol. The summed E-state index contributed by atoms with van der Waals surface area (Å²) in [5.41, 5.74) is 2.51. The third kappa shape index (κ3) is 5.74. The first-order valence-electron chi connectivity index (χ1n) is 15.9. The number of cyclic esters (lactones) is 1. The van der Waals surface area contributed by atoms with Crippen LogP contribution in [0.25, 0.3) is 22.3 Å². The normalized spacial score (nSPS) is 21.0. The molecule has 3 aromatic rings. The molecule has 0 saturated heterocycles. The zero-order chi connectivity index (χ0) is 31.7. The Labute approximate surface area is 262 Å². The zero-order valence-electron chi connectivity index (χ0n) is 26.2. The Morgan fingerprint density at radius 2 is 1.89 bits per heavy atom. The molecule has 0 N–H and O–H groups in total. The van der Waals surface area contributed by atoms with Crippen LogP contribution in [0.2, 0.25) is 0 Å². The minimum absolute atomic E-state index is 0.131. The van der Waals surface area contributed by atoms with Crippen LogP contribution in [0.1, 0.15) is 68.6 Å². The van der Waals surface area contributed by atoms with Gasteiger partial charge in [0.25, 0.3) is 5.56 Å². The third-order valence-corrected chi connectivity index (χ3v) is 9.56. The van der Waals surface area contributed by atoms with E-state index in [9.17, 15) is 19.2 Å². The van der Waals surface area contributed by atoms with Crippen LogP contribution in [0.5, 0.6) is 0 Å². The Hall–Kier alpha value is -4.47. The molecule has 2 aromatic heterocycles. The molecule has 6 rings (SSSR count). The SMILES string of the molecule is CC[C@@]1(CC(=O)N(C)CCN(C)C(=O)OC2/C=C/CCCCC2)C(=O)OCc2c1cc1n(c2=O)Cc2cc3ccccc3nc2-1. The van der Waals surface area contributed by atoms with Crippen molar-refractivity contribution in [2.75, 3.05) is 27.2 Å². The molecule has 45 heavy (non-hydrogen) atoms. The van der Waals surface area contributed by atoms with Gasteiger partial charge < -0.3 is 23.8 Å². The van der Waals surface area contributed by atoms with Crippen LogP contribution in [0, 0.1) is 0 Å². The lowest BCUT2D eigenvalue weighted by molar-refractivity contribution is -0.157. The Bertz CT molecular complexity index is 1750. The number of para-hydroxylation sites is 1. The van der Waals surface area contributed by atoms with Gasteiger partial charge in [-0.1, -0.05) is 37.6 Å². The Kier molecular flexibility index (Phi) is 8.48. The standard InChI is InChI=1S/C35H40N4O6/c1-4-35(20-30(40)37(2)16-17-38(3)34(43)45-25-13-8-6-5-7-9-14-25)27-19-29-31-24(18-23-12-10-11-15-28(23)36-31)21-39(29)32(41)26(27)22-44-33(35)42/h8,10-13,15,18-19,25H,4-7,9,14,16-17,20-22H2,1-3H3/b13-8+/t25?,35-/m0/s1. The van der Waals surface area contributed by atoms with Crippen LogP contribution in [-0.2, 0) is 37.6 Å². The number of carbonyl (C=O) groups is 3. The number of hydrogen-bond acceptors (Lipinski definition) is 7. The van der Waals surface area contributed by atoms with Crippen molar-refractivity contribution in [3.8, 4) is 11.4 Å². The van der Waals surface area contributed by atoms with E-state index in [2.05, 4.69) is 12.1 Å².